The van der Waals surface area contributed by atoms with Gasteiger partial charge in [0.2, 0.25) is 5.91 Å². The summed E-state index contributed by atoms with van der Waals surface area (Å²) in [7, 11) is 0. The number of benzene rings is 2. The van der Waals surface area contributed by atoms with Crippen LogP contribution >= 0.6 is 11.8 Å². The Hall–Kier alpha value is -2.73. The molecular weight excluding hydrogens is 392 g/mol. The van der Waals surface area contributed by atoms with Crippen LogP contribution in [0.15, 0.2) is 60.7 Å². The van der Waals surface area contributed by atoms with Gasteiger partial charge in [-0.3, -0.25) is 4.79 Å². The van der Waals surface area contributed by atoms with Crippen molar-refractivity contribution in [1.82, 2.24) is 14.7 Å². The average Bonchev–Trinajstić information content (AvgIpc) is 3.09. The maximum absolute atomic E-state index is 12.6. The molecule has 0 spiro atoms. The second-order valence-corrected chi connectivity index (χ2v) is 8.60. The molecule has 6 heteroatoms. The molecule has 2 heterocycles. The second kappa shape index (κ2) is 9.39. The number of hydrogen-bond acceptors (Lipinski definition) is 4. The molecule has 0 saturated carbocycles. The van der Waals surface area contributed by atoms with E-state index >= 15 is 0 Å². The molecule has 0 N–H and O–H groups in total. The van der Waals surface area contributed by atoms with Crippen molar-refractivity contribution in [3.8, 4) is 5.69 Å². The fourth-order valence-electron chi connectivity index (χ4n) is 4.01. The molecule has 0 aliphatic carbocycles. The first-order valence-corrected chi connectivity index (χ1v) is 11.5. The Morgan fingerprint density at radius 3 is 2.23 bits per heavy atom. The van der Waals surface area contributed by atoms with Gasteiger partial charge in [0.15, 0.2) is 0 Å². The van der Waals surface area contributed by atoms with Crippen LogP contribution in [-0.2, 0) is 10.5 Å². The Labute approximate surface area is 182 Å². The van der Waals surface area contributed by atoms with Crippen LogP contribution in [0.3, 0.4) is 0 Å². The normalized spacial score (nSPS) is 14.2. The van der Waals surface area contributed by atoms with Crippen molar-refractivity contribution in [2.75, 3.05) is 36.8 Å². The number of carbonyl (C=O) groups is 1. The van der Waals surface area contributed by atoms with Gasteiger partial charge in [-0.15, -0.1) is 11.8 Å². The quantitative estimate of drug-likeness (QED) is 0.603. The highest BCUT2D eigenvalue weighted by Gasteiger charge is 2.25. The number of para-hydroxylation sites is 1. The third-order valence-electron chi connectivity index (χ3n) is 5.54. The van der Waals surface area contributed by atoms with Crippen LogP contribution in [0.2, 0.25) is 0 Å². The lowest BCUT2D eigenvalue weighted by molar-refractivity contribution is -0.128. The second-order valence-electron chi connectivity index (χ2n) is 7.61. The predicted molar refractivity (Wildman–Crippen MR) is 124 cm³/mol. The number of aromatic nitrogens is 2. The van der Waals surface area contributed by atoms with E-state index in [1.807, 2.05) is 46.0 Å². The highest BCUT2D eigenvalue weighted by Crippen LogP contribution is 2.27. The molecule has 0 atom stereocenters. The van der Waals surface area contributed by atoms with Crippen molar-refractivity contribution in [2.24, 2.45) is 0 Å². The summed E-state index contributed by atoms with van der Waals surface area (Å²) in [4.78, 5) is 17.0. The molecule has 1 amide bonds. The van der Waals surface area contributed by atoms with Crippen molar-refractivity contribution in [3.63, 3.8) is 0 Å². The molecule has 0 radical (unpaired) electrons. The van der Waals surface area contributed by atoms with Crippen LogP contribution in [0.1, 0.15) is 17.0 Å². The van der Waals surface area contributed by atoms with Crippen molar-refractivity contribution in [1.29, 1.82) is 0 Å². The van der Waals surface area contributed by atoms with Crippen LogP contribution in [-0.4, -0.2) is 52.5 Å². The third kappa shape index (κ3) is 4.54. The number of piperazine rings is 1. The minimum absolute atomic E-state index is 0.240. The summed E-state index contributed by atoms with van der Waals surface area (Å²) < 4.78 is 2.02. The monoisotopic (exact) mass is 420 g/mol. The van der Waals surface area contributed by atoms with Gasteiger partial charge in [0.1, 0.15) is 0 Å². The number of thioether (sulfide) groups is 1. The van der Waals surface area contributed by atoms with Crippen LogP contribution in [0, 0.1) is 13.8 Å². The van der Waals surface area contributed by atoms with Gasteiger partial charge >= 0.3 is 0 Å². The number of hydrogen-bond donors (Lipinski definition) is 0. The van der Waals surface area contributed by atoms with Crippen molar-refractivity contribution in [2.45, 2.75) is 19.6 Å². The fraction of sp³-hybridized carbons (Fsp3) is 0.333. The summed E-state index contributed by atoms with van der Waals surface area (Å²) in [5.74, 6) is 1.66. The third-order valence-corrected chi connectivity index (χ3v) is 6.53. The summed E-state index contributed by atoms with van der Waals surface area (Å²) in [5.41, 5.74) is 5.73. The Bertz CT molecular complexity index is 979. The van der Waals surface area contributed by atoms with E-state index in [0.717, 1.165) is 49.0 Å². The zero-order valence-electron chi connectivity index (χ0n) is 17.6. The Balaban J connectivity index is 1.33. The van der Waals surface area contributed by atoms with Gasteiger partial charge in [0.05, 0.1) is 28.5 Å². The molecular formula is C24H28N4OS. The zero-order valence-corrected chi connectivity index (χ0v) is 18.4. The summed E-state index contributed by atoms with van der Waals surface area (Å²) >= 11 is 1.69. The van der Waals surface area contributed by atoms with Gasteiger partial charge in [-0.25, -0.2) is 4.68 Å². The maximum Gasteiger partial charge on any atom is 0.232 e. The predicted octanol–water partition coefficient (Wildman–Crippen LogP) is 4.07. The lowest BCUT2D eigenvalue weighted by atomic mass is 10.2. The van der Waals surface area contributed by atoms with E-state index in [0.29, 0.717) is 5.75 Å². The standard InChI is InChI=1S/C24H28N4OS/c1-19-24(20(2)28(25-19)22-11-7-4-8-12-22)27-15-13-26(14-16-27)23(29)18-30-17-21-9-5-3-6-10-21/h3-12H,13-18H2,1-2H3. The van der Waals surface area contributed by atoms with Crippen LogP contribution in [0.4, 0.5) is 5.69 Å². The number of carbonyl (C=O) groups excluding carboxylic acids is 1. The highest BCUT2D eigenvalue weighted by atomic mass is 32.2. The molecule has 30 heavy (non-hydrogen) atoms. The van der Waals surface area contributed by atoms with Gasteiger partial charge in [-0.1, -0.05) is 48.5 Å². The number of amides is 1. The minimum atomic E-state index is 0.240. The molecule has 1 aliphatic heterocycles. The average molecular weight is 421 g/mol. The first kappa shape index (κ1) is 20.5. The van der Waals surface area contributed by atoms with E-state index in [9.17, 15) is 4.79 Å². The molecule has 4 rings (SSSR count). The van der Waals surface area contributed by atoms with E-state index in [4.69, 9.17) is 5.10 Å². The molecule has 1 saturated heterocycles. The van der Waals surface area contributed by atoms with E-state index in [1.165, 1.54) is 11.3 Å². The van der Waals surface area contributed by atoms with E-state index < -0.39 is 0 Å². The van der Waals surface area contributed by atoms with Crippen molar-refractivity contribution in [3.05, 3.63) is 77.6 Å². The summed E-state index contributed by atoms with van der Waals surface area (Å²) in [5, 5.41) is 4.77. The minimum Gasteiger partial charge on any atom is -0.365 e. The lowest BCUT2D eigenvalue weighted by Gasteiger charge is -2.36. The molecule has 1 aliphatic rings. The molecule has 1 fully saturated rings. The van der Waals surface area contributed by atoms with Gasteiger partial charge < -0.3 is 9.80 Å². The largest absolute Gasteiger partial charge is 0.365 e. The van der Waals surface area contributed by atoms with Crippen molar-refractivity contribution < 1.29 is 4.79 Å². The van der Waals surface area contributed by atoms with Gasteiger partial charge in [-0.2, -0.15) is 5.10 Å². The highest BCUT2D eigenvalue weighted by molar-refractivity contribution is 7.99. The fourth-order valence-corrected chi connectivity index (χ4v) is 4.90. The van der Waals surface area contributed by atoms with E-state index in [2.05, 4.69) is 43.0 Å². The van der Waals surface area contributed by atoms with Gasteiger partial charge in [0.25, 0.3) is 0 Å². The van der Waals surface area contributed by atoms with Crippen LogP contribution < -0.4 is 4.90 Å². The maximum atomic E-state index is 12.6. The molecule has 5 nitrogen and oxygen atoms in total. The van der Waals surface area contributed by atoms with Crippen molar-refractivity contribution >= 4 is 23.4 Å². The lowest BCUT2D eigenvalue weighted by Crippen LogP contribution is -2.49. The molecule has 1 aromatic heterocycles. The van der Waals surface area contributed by atoms with Crippen LogP contribution in [0.5, 0.6) is 0 Å². The molecule has 0 unspecified atom stereocenters. The Morgan fingerprint density at radius 2 is 1.57 bits per heavy atom. The van der Waals surface area contributed by atoms with E-state index in [1.54, 1.807) is 11.8 Å². The van der Waals surface area contributed by atoms with Gasteiger partial charge in [0, 0.05) is 31.9 Å². The Morgan fingerprint density at radius 1 is 0.933 bits per heavy atom. The summed E-state index contributed by atoms with van der Waals surface area (Å²) in [6.45, 7) is 7.41. The first-order chi connectivity index (χ1) is 14.6. The smallest absolute Gasteiger partial charge is 0.232 e. The number of rotatable bonds is 6. The van der Waals surface area contributed by atoms with Gasteiger partial charge in [-0.05, 0) is 31.5 Å². The van der Waals surface area contributed by atoms with E-state index in [-0.39, 0.29) is 5.91 Å². The number of nitrogens with zero attached hydrogens (tertiary/aromatic N) is 4. The topological polar surface area (TPSA) is 41.4 Å². The molecule has 2 aromatic carbocycles. The number of anilines is 1. The van der Waals surface area contributed by atoms with Crippen LogP contribution in [0.25, 0.3) is 5.69 Å². The summed E-state index contributed by atoms with van der Waals surface area (Å²) in [6, 6.07) is 20.6. The summed E-state index contributed by atoms with van der Waals surface area (Å²) in [6.07, 6.45) is 0. The first-order valence-electron chi connectivity index (χ1n) is 10.4. The SMILES string of the molecule is Cc1nn(-c2ccccc2)c(C)c1N1CCN(C(=O)CSCc2ccccc2)CC1. The molecule has 156 valence electrons. The Kier molecular flexibility index (Phi) is 6.43. The number of aryl methyl sites for hydroxylation is 1. The molecule has 0 bridgehead atoms. The molecule has 3 aromatic rings. The zero-order chi connectivity index (χ0) is 20.9.